The minimum atomic E-state index is -0.339. The summed E-state index contributed by atoms with van der Waals surface area (Å²) < 4.78 is 13.2. The Morgan fingerprint density at radius 2 is 1.83 bits per heavy atom. The first-order valence-corrected chi connectivity index (χ1v) is 10.1. The highest BCUT2D eigenvalue weighted by Crippen LogP contribution is 2.23. The number of hydrogen-bond donors (Lipinski definition) is 2. The summed E-state index contributed by atoms with van der Waals surface area (Å²) in [5.74, 6) is -0.0370. The van der Waals surface area contributed by atoms with E-state index in [-0.39, 0.29) is 23.2 Å². The van der Waals surface area contributed by atoms with E-state index in [9.17, 15) is 14.0 Å². The summed E-state index contributed by atoms with van der Waals surface area (Å²) in [6, 6.07) is 9.74. The van der Waals surface area contributed by atoms with Crippen LogP contribution in [0.5, 0.6) is 0 Å². The minimum absolute atomic E-state index is 0.0204. The van der Waals surface area contributed by atoms with Gasteiger partial charge in [-0.3, -0.25) is 14.6 Å². The molecule has 3 aromatic rings. The van der Waals surface area contributed by atoms with Crippen LogP contribution in [0.4, 0.5) is 4.39 Å². The molecule has 1 unspecified atom stereocenters. The number of fused-ring (bicyclic) bond motifs is 1. The third-order valence-electron chi connectivity index (χ3n) is 5.52. The summed E-state index contributed by atoms with van der Waals surface area (Å²) >= 11 is 0. The fourth-order valence-electron chi connectivity index (χ4n) is 3.81. The second-order valence-corrected chi connectivity index (χ2v) is 7.52. The molecule has 0 fully saturated rings. The van der Waals surface area contributed by atoms with Crippen molar-refractivity contribution in [1.29, 1.82) is 0 Å². The molecule has 2 heterocycles. The van der Waals surface area contributed by atoms with Crippen molar-refractivity contribution in [1.82, 2.24) is 20.3 Å². The molecule has 0 spiro atoms. The predicted molar refractivity (Wildman–Crippen MR) is 111 cm³/mol. The standard InChI is InChI=1S/C23H23FN4O2/c24-18-5-1-16(2-6-18)21-27-20-8-4-17(3-7-19(20)23(30)28-21)22(29)26-14-11-15-9-12-25-13-10-15/h1-2,5-6,9-10,12-13,17H,3-4,7-8,11,14H2,(H,26,29)(H,27,28,30). The van der Waals surface area contributed by atoms with Crippen LogP contribution in [0.25, 0.3) is 11.4 Å². The van der Waals surface area contributed by atoms with Crippen LogP contribution < -0.4 is 10.9 Å². The van der Waals surface area contributed by atoms with Gasteiger partial charge in [0.05, 0.1) is 5.69 Å². The molecule has 154 valence electrons. The zero-order valence-electron chi connectivity index (χ0n) is 16.5. The summed E-state index contributed by atoms with van der Waals surface area (Å²) in [4.78, 5) is 36.6. The molecule has 0 bridgehead atoms. The van der Waals surface area contributed by atoms with E-state index in [4.69, 9.17) is 0 Å². The lowest BCUT2D eigenvalue weighted by molar-refractivity contribution is -0.125. The average molecular weight is 406 g/mol. The number of H-pyrrole nitrogens is 1. The number of aromatic nitrogens is 3. The van der Waals surface area contributed by atoms with Crippen molar-refractivity contribution < 1.29 is 9.18 Å². The molecule has 1 atom stereocenters. The third kappa shape index (κ3) is 4.62. The number of amides is 1. The Balaban J connectivity index is 1.41. The van der Waals surface area contributed by atoms with Crippen molar-refractivity contribution >= 4 is 5.91 Å². The number of nitrogens with zero attached hydrogens (tertiary/aromatic N) is 2. The summed E-state index contributed by atoms with van der Waals surface area (Å²) in [7, 11) is 0. The van der Waals surface area contributed by atoms with E-state index >= 15 is 0 Å². The van der Waals surface area contributed by atoms with Gasteiger partial charge < -0.3 is 10.3 Å². The number of nitrogens with one attached hydrogen (secondary N) is 2. The van der Waals surface area contributed by atoms with Crippen LogP contribution in [0.1, 0.15) is 29.7 Å². The number of carbonyl (C=O) groups is 1. The number of hydrogen-bond acceptors (Lipinski definition) is 4. The van der Waals surface area contributed by atoms with Crippen molar-refractivity contribution in [3.8, 4) is 11.4 Å². The van der Waals surface area contributed by atoms with Crippen LogP contribution in [0, 0.1) is 11.7 Å². The molecule has 0 saturated heterocycles. The maximum Gasteiger partial charge on any atom is 0.254 e. The number of aromatic amines is 1. The maximum atomic E-state index is 13.2. The first-order valence-electron chi connectivity index (χ1n) is 10.1. The Labute approximate surface area is 173 Å². The summed E-state index contributed by atoms with van der Waals surface area (Å²) in [6.07, 6.45) is 6.58. The smallest absolute Gasteiger partial charge is 0.254 e. The van der Waals surface area contributed by atoms with Crippen molar-refractivity contribution in [3.63, 3.8) is 0 Å². The Kier molecular flexibility index (Phi) is 5.97. The lowest BCUT2D eigenvalue weighted by Crippen LogP contribution is -2.32. The Bertz CT molecular complexity index is 1080. The number of pyridine rings is 1. The number of aryl methyl sites for hydroxylation is 1. The van der Waals surface area contributed by atoms with Crippen LogP contribution in [0.15, 0.2) is 53.6 Å². The van der Waals surface area contributed by atoms with Crippen LogP contribution >= 0.6 is 0 Å². The van der Waals surface area contributed by atoms with E-state index in [2.05, 4.69) is 20.3 Å². The quantitative estimate of drug-likeness (QED) is 0.638. The van der Waals surface area contributed by atoms with E-state index in [1.165, 1.54) is 12.1 Å². The summed E-state index contributed by atoms with van der Waals surface area (Å²) in [5, 5.41) is 3.01. The first-order chi connectivity index (χ1) is 14.6. The molecule has 2 aromatic heterocycles. The second kappa shape index (κ2) is 8.98. The van der Waals surface area contributed by atoms with Gasteiger partial charge in [0.15, 0.2) is 0 Å². The van der Waals surface area contributed by atoms with Gasteiger partial charge in [-0.2, -0.15) is 0 Å². The fourth-order valence-corrected chi connectivity index (χ4v) is 3.81. The molecule has 2 N–H and O–H groups in total. The average Bonchev–Trinajstić information content (AvgIpc) is 2.98. The highest BCUT2D eigenvalue weighted by atomic mass is 19.1. The number of halogens is 1. The molecule has 1 aromatic carbocycles. The van der Waals surface area contributed by atoms with Crippen LogP contribution in [0.3, 0.4) is 0 Å². The number of benzene rings is 1. The van der Waals surface area contributed by atoms with E-state index in [0.29, 0.717) is 49.2 Å². The molecule has 4 rings (SSSR count). The monoisotopic (exact) mass is 406 g/mol. The van der Waals surface area contributed by atoms with Crippen molar-refractivity contribution in [3.05, 3.63) is 81.8 Å². The zero-order chi connectivity index (χ0) is 20.9. The van der Waals surface area contributed by atoms with Crippen molar-refractivity contribution in [2.45, 2.75) is 32.1 Å². The molecule has 0 saturated carbocycles. The molecular weight excluding hydrogens is 383 g/mol. The summed E-state index contributed by atoms with van der Waals surface area (Å²) in [6.45, 7) is 0.569. The van der Waals surface area contributed by atoms with Gasteiger partial charge in [0.25, 0.3) is 5.56 Å². The summed E-state index contributed by atoms with van der Waals surface area (Å²) in [5.41, 5.74) is 2.98. The highest BCUT2D eigenvalue weighted by Gasteiger charge is 2.25. The van der Waals surface area contributed by atoms with Gasteiger partial charge in [-0.25, -0.2) is 9.37 Å². The fraction of sp³-hybridized carbons (Fsp3) is 0.304. The molecule has 6 nitrogen and oxygen atoms in total. The first kappa shape index (κ1) is 19.9. The SMILES string of the molecule is O=C(NCCc1ccncc1)C1CCc2nc(-c3ccc(F)cc3)[nH]c(=O)c2CC1. The van der Waals surface area contributed by atoms with Crippen LogP contribution in [0.2, 0.25) is 0 Å². The van der Waals surface area contributed by atoms with Crippen molar-refractivity contribution in [2.24, 2.45) is 5.92 Å². The van der Waals surface area contributed by atoms with Gasteiger partial charge in [-0.15, -0.1) is 0 Å². The zero-order valence-corrected chi connectivity index (χ0v) is 16.5. The number of rotatable bonds is 5. The molecular formula is C23H23FN4O2. The van der Waals surface area contributed by atoms with E-state index in [0.717, 1.165) is 17.7 Å². The van der Waals surface area contributed by atoms with Crippen molar-refractivity contribution in [2.75, 3.05) is 6.54 Å². The van der Waals surface area contributed by atoms with Gasteiger partial charge in [-0.05, 0) is 74.1 Å². The maximum absolute atomic E-state index is 13.2. The predicted octanol–water partition coefficient (Wildman–Crippen LogP) is 2.82. The van der Waals surface area contributed by atoms with Gasteiger partial charge in [0, 0.05) is 36.0 Å². The van der Waals surface area contributed by atoms with Gasteiger partial charge in [0.2, 0.25) is 5.91 Å². The van der Waals surface area contributed by atoms with Crippen LogP contribution in [-0.2, 0) is 24.1 Å². The second-order valence-electron chi connectivity index (χ2n) is 7.52. The molecule has 1 aliphatic rings. The molecule has 30 heavy (non-hydrogen) atoms. The Hall–Kier alpha value is -3.35. The molecule has 1 amide bonds. The molecule has 0 radical (unpaired) electrons. The largest absolute Gasteiger partial charge is 0.356 e. The lowest BCUT2D eigenvalue weighted by atomic mass is 9.98. The molecule has 0 aliphatic heterocycles. The van der Waals surface area contributed by atoms with Gasteiger partial charge in [-0.1, -0.05) is 0 Å². The number of carbonyl (C=O) groups excluding carboxylic acids is 1. The van der Waals surface area contributed by atoms with Gasteiger partial charge in [0.1, 0.15) is 11.6 Å². The normalized spacial score (nSPS) is 15.8. The topological polar surface area (TPSA) is 87.7 Å². The minimum Gasteiger partial charge on any atom is -0.356 e. The molecule has 7 heteroatoms. The third-order valence-corrected chi connectivity index (χ3v) is 5.52. The Morgan fingerprint density at radius 1 is 1.10 bits per heavy atom. The van der Waals surface area contributed by atoms with E-state index in [1.54, 1.807) is 24.5 Å². The van der Waals surface area contributed by atoms with E-state index in [1.807, 2.05) is 12.1 Å². The Morgan fingerprint density at radius 3 is 2.60 bits per heavy atom. The van der Waals surface area contributed by atoms with Crippen LogP contribution in [-0.4, -0.2) is 27.4 Å². The van der Waals surface area contributed by atoms with Gasteiger partial charge >= 0.3 is 0 Å². The van der Waals surface area contributed by atoms with E-state index < -0.39 is 0 Å². The highest BCUT2D eigenvalue weighted by molar-refractivity contribution is 5.78. The lowest BCUT2D eigenvalue weighted by Gasteiger charge is -2.14. The molecule has 1 aliphatic carbocycles.